The van der Waals surface area contributed by atoms with Crippen LogP contribution < -0.4 is 0 Å². The van der Waals surface area contributed by atoms with E-state index in [2.05, 4.69) is 52.3 Å². The monoisotopic (exact) mass is 243 g/mol. The van der Waals surface area contributed by atoms with E-state index in [-0.39, 0.29) is 0 Å². The van der Waals surface area contributed by atoms with Crippen molar-refractivity contribution in [3.05, 3.63) is 41.3 Å². The van der Waals surface area contributed by atoms with Gasteiger partial charge in [-0.05, 0) is 53.7 Å². The van der Waals surface area contributed by atoms with Crippen LogP contribution in [-0.4, -0.2) is 0 Å². The van der Waals surface area contributed by atoms with E-state index in [9.17, 15) is 0 Å². The van der Waals surface area contributed by atoms with Gasteiger partial charge in [-0.1, -0.05) is 58.7 Å². The Labute approximate surface area is 113 Å². The molecule has 1 atom stereocenters. The summed E-state index contributed by atoms with van der Waals surface area (Å²) >= 11 is 0. The van der Waals surface area contributed by atoms with Gasteiger partial charge in [0.1, 0.15) is 0 Å². The van der Waals surface area contributed by atoms with Crippen LogP contribution in [0.5, 0.6) is 0 Å². The van der Waals surface area contributed by atoms with Gasteiger partial charge in [0.05, 0.1) is 0 Å². The molecule has 1 aromatic rings. The van der Waals surface area contributed by atoms with E-state index >= 15 is 0 Å². The van der Waals surface area contributed by atoms with Crippen LogP contribution >= 0.6 is 0 Å². The zero-order chi connectivity index (χ0) is 13.1. The molecule has 0 bridgehead atoms. The fourth-order valence-corrected chi connectivity index (χ4v) is 3.32. The van der Waals surface area contributed by atoms with Crippen molar-refractivity contribution in [2.75, 3.05) is 0 Å². The van der Waals surface area contributed by atoms with Crippen LogP contribution in [0.25, 0.3) is 0 Å². The maximum atomic E-state index is 2.55. The Morgan fingerprint density at radius 1 is 1.00 bits per heavy atom. The molecule has 0 aliphatic heterocycles. The zero-order valence-electron chi connectivity index (χ0n) is 12.4. The summed E-state index contributed by atoms with van der Waals surface area (Å²) in [6.07, 6.45) is 7.98. The molecule has 1 radical (unpaired) electrons. The van der Waals surface area contributed by atoms with Crippen LogP contribution in [0.1, 0.15) is 87.8 Å². The molecule has 0 N–H and O–H groups in total. The summed E-state index contributed by atoms with van der Waals surface area (Å²) in [6, 6.07) is 6.96. The average Bonchev–Trinajstić information content (AvgIpc) is 2.38. The van der Waals surface area contributed by atoms with Crippen molar-refractivity contribution < 1.29 is 0 Å². The quantitative estimate of drug-likeness (QED) is 0.630. The Balaban J connectivity index is 2.41. The highest BCUT2D eigenvalue weighted by Gasteiger charge is 2.22. The summed E-state index contributed by atoms with van der Waals surface area (Å²) in [5, 5.41) is 0. The number of hydrogen-bond acceptors (Lipinski definition) is 0. The second-order valence-corrected chi connectivity index (χ2v) is 6.29. The van der Waals surface area contributed by atoms with Gasteiger partial charge in [-0.2, -0.15) is 0 Å². The molecule has 1 saturated carbocycles. The predicted molar refractivity (Wildman–Crippen MR) is 80.1 cm³/mol. The van der Waals surface area contributed by atoms with E-state index in [0.29, 0.717) is 17.8 Å². The van der Waals surface area contributed by atoms with E-state index in [4.69, 9.17) is 0 Å². The van der Waals surface area contributed by atoms with Gasteiger partial charge in [0.25, 0.3) is 0 Å². The van der Waals surface area contributed by atoms with Crippen molar-refractivity contribution in [2.24, 2.45) is 0 Å². The highest BCUT2D eigenvalue weighted by atomic mass is 14.3. The van der Waals surface area contributed by atoms with Gasteiger partial charge in [-0.15, -0.1) is 0 Å². The molecule has 99 valence electrons. The summed E-state index contributed by atoms with van der Waals surface area (Å²) in [4.78, 5) is 0. The highest BCUT2D eigenvalue weighted by Crippen LogP contribution is 2.38. The number of hydrogen-bond donors (Lipinski definition) is 0. The third-order valence-electron chi connectivity index (χ3n) is 4.19. The molecule has 18 heavy (non-hydrogen) atoms. The summed E-state index contributed by atoms with van der Waals surface area (Å²) in [5.74, 6) is 1.97. The topological polar surface area (TPSA) is 0 Å². The summed E-state index contributed by atoms with van der Waals surface area (Å²) in [6.45, 7) is 9.31. The van der Waals surface area contributed by atoms with Crippen molar-refractivity contribution in [1.29, 1.82) is 0 Å². The van der Waals surface area contributed by atoms with Crippen LogP contribution in [0.3, 0.4) is 0 Å². The van der Waals surface area contributed by atoms with Crippen molar-refractivity contribution >= 4 is 0 Å². The predicted octanol–water partition coefficient (Wildman–Crippen LogP) is 5.80. The lowest BCUT2D eigenvalue weighted by atomic mass is 9.77. The first kappa shape index (κ1) is 13.6. The molecule has 1 unspecified atom stereocenters. The molecule has 2 rings (SSSR count). The van der Waals surface area contributed by atoms with Gasteiger partial charge in [0, 0.05) is 0 Å². The van der Waals surface area contributed by atoms with Crippen LogP contribution in [0, 0.1) is 6.42 Å². The number of benzene rings is 1. The van der Waals surface area contributed by atoms with Gasteiger partial charge in [-0.25, -0.2) is 0 Å². The van der Waals surface area contributed by atoms with E-state index in [1.54, 1.807) is 16.7 Å². The average molecular weight is 243 g/mol. The van der Waals surface area contributed by atoms with Crippen molar-refractivity contribution in [2.45, 2.75) is 71.1 Å². The molecule has 0 heterocycles. The lowest BCUT2D eigenvalue weighted by Gasteiger charge is -2.28. The molecule has 1 fully saturated rings. The van der Waals surface area contributed by atoms with Crippen LogP contribution in [-0.2, 0) is 0 Å². The molecule has 1 aromatic carbocycles. The zero-order valence-corrected chi connectivity index (χ0v) is 12.4. The molecule has 1 aliphatic carbocycles. The molecule has 0 spiro atoms. The Morgan fingerprint density at radius 2 is 1.78 bits per heavy atom. The van der Waals surface area contributed by atoms with E-state index < -0.39 is 0 Å². The Morgan fingerprint density at radius 3 is 2.33 bits per heavy atom. The minimum Gasteiger partial charge on any atom is -0.0617 e. The first-order chi connectivity index (χ1) is 8.61. The Bertz CT molecular complexity index is 381. The maximum absolute atomic E-state index is 2.55. The smallest absolute Gasteiger partial charge is 0.0128 e. The molecular weight excluding hydrogens is 216 g/mol. The van der Waals surface area contributed by atoms with Crippen LogP contribution in [0.15, 0.2) is 18.2 Å². The molecule has 0 nitrogen and oxygen atoms in total. The first-order valence-corrected chi connectivity index (χ1v) is 7.57. The van der Waals surface area contributed by atoms with Crippen LogP contribution in [0.4, 0.5) is 0 Å². The molecule has 0 heteroatoms. The minimum absolute atomic E-state index is 0.631. The molecule has 1 aliphatic rings. The summed E-state index contributed by atoms with van der Waals surface area (Å²) in [7, 11) is 0. The Hall–Kier alpha value is -0.780. The lowest BCUT2D eigenvalue weighted by molar-refractivity contribution is 0.528. The molecule has 0 amide bonds. The SMILES string of the molecule is CC(C)c1cccc(C2[CH]CCCC2)c1C(C)C. The minimum atomic E-state index is 0.631. The Kier molecular flexibility index (Phi) is 4.48. The van der Waals surface area contributed by atoms with Crippen LogP contribution in [0.2, 0.25) is 0 Å². The largest absolute Gasteiger partial charge is 0.0617 e. The van der Waals surface area contributed by atoms with Gasteiger partial charge in [-0.3, -0.25) is 0 Å². The van der Waals surface area contributed by atoms with Gasteiger partial charge < -0.3 is 0 Å². The fraction of sp³-hybridized carbons (Fsp3) is 0.611. The lowest BCUT2D eigenvalue weighted by Crippen LogP contribution is -2.11. The van der Waals surface area contributed by atoms with Gasteiger partial charge >= 0.3 is 0 Å². The first-order valence-electron chi connectivity index (χ1n) is 7.57. The summed E-state index contributed by atoms with van der Waals surface area (Å²) < 4.78 is 0. The van der Waals surface area contributed by atoms with Crippen molar-refractivity contribution in [1.82, 2.24) is 0 Å². The van der Waals surface area contributed by atoms with Gasteiger partial charge in [0.15, 0.2) is 0 Å². The fourth-order valence-electron chi connectivity index (χ4n) is 3.32. The number of rotatable bonds is 3. The standard InChI is InChI=1S/C18H27/c1-13(2)16-11-8-12-17(18(16)14(3)4)15-9-6-5-7-10-15/h8-9,11-15H,5-7,10H2,1-4H3. The third-order valence-corrected chi connectivity index (χ3v) is 4.19. The van der Waals surface area contributed by atoms with Crippen molar-refractivity contribution in [3.8, 4) is 0 Å². The maximum Gasteiger partial charge on any atom is -0.0128 e. The molecule has 0 aromatic heterocycles. The van der Waals surface area contributed by atoms with Crippen molar-refractivity contribution in [3.63, 3.8) is 0 Å². The van der Waals surface area contributed by atoms with E-state index in [0.717, 1.165) is 0 Å². The third kappa shape index (κ3) is 2.79. The highest BCUT2D eigenvalue weighted by molar-refractivity contribution is 5.42. The van der Waals surface area contributed by atoms with Gasteiger partial charge in [0.2, 0.25) is 0 Å². The second kappa shape index (κ2) is 5.91. The second-order valence-electron chi connectivity index (χ2n) is 6.29. The summed E-state index contributed by atoms with van der Waals surface area (Å²) in [5.41, 5.74) is 4.79. The normalized spacial score (nSPS) is 17.7. The van der Waals surface area contributed by atoms with E-state index in [1.165, 1.54) is 25.7 Å². The molecular formula is C18H27. The van der Waals surface area contributed by atoms with E-state index in [1.807, 2.05) is 0 Å². The molecule has 0 saturated heterocycles.